The van der Waals surface area contributed by atoms with Crippen LogP contribution in [-0.2, 0) is 6.54 Å². The Morgan fingerprint density at radius 2 is 0.970 bits per heavy atom. The quantitative estimate of drug-likeness (QED) is 0.311. The Hall–Kier alpha value is -4.14. The smallest absolute Gasteiger partial charge is 0.0547 e. The van der Waals surface area contributed by atoms with Crippen molar-refractivity contribution in [3.8, 4) is 27.9 Å². The standard InChI is InChI=1S/C31H24N2/c32-21-26-13-7-8-14-29(26)33-30-19-24(22-9-3-1-4-10-22)15-17-27(30)28-18-16-25(20-31(28)33)23-11-5-2-6-12-23/h1-20H,21,32H2. The molecule has 0 atom stereocenters. The Kier molecular flexibility index (Phi) is 4.79. The third-order valence-corrected chi connectivity index (χ3v) is 6.43. The van der Waals surface area contributed by atoms with E-state index in [4.69, 9.17) is 5.73 Å². The number of para-hydroxylation sites is 1. The van der Waals surface area contributed by atoms with Crippen LogP contribution in [0.5, 0.6) is 0 Å². The Morgan fingerprint density at radius 1 is 0.485 bits per heavy atom. The number of rotatable bonds is 4. The molecule has 33 heavy (non-hydrogen) atoms. The summed E-state index contributed by atoms with van der Waals surface area (Å²) in [6.45, 7) is 0.494. The van der Waals surface area contributed by atoms with Crippen LogP contribution in [0.15, 0.2) is 121 Å². The minimum absolute atomic E-state index is 0.494. The summed E-state index contributed by atoms with van der Waals surface area (Å²) in [5.41, 5.74) is 15.7. The molecular formula is C31H24N2. The van der Waals surface area contributed by atoms with E-state index in [1.165, 1.54) is 44.1 Å². The molecule has 2 N–H and O–H groups in total. The van der Waals surface area contributed by atoms with Crippen molar-refractivity contribution in [3.63, 3.8) is 0 Å². The molecule has 0 aliphatic rings. The molecule has 0 unspecified atom stereocenters. The van der Waals surface area contributed by atoms with Crippen LogP contribution in [-0.4, -0.2) is 4.57 Å². The average molecular weight is 425 g/mol. The predicted octanol–water partition coefficient (Wildman–Crippen LogP) is 7.58. The van der Waals surface area contributed by atoms with Crippen LogP contribution in [0.2, 0.25) is 0 Å². The van der Waals surface area contributed by atoms with Gasteiger partial charge in [-0.1, -0.05) is 103 Å². The summed E-state index contributed by atoms with van der Waals surface area (Å²) >= 11 is 0. The molecule has 6 rings (SSSR count). The van der Waals surface area contributed by atoms with Crippen LogP contribution in [0.1, 0.15) is 5.56 Å². The van der Waals surface area contributed by atoms with E-state index >= 15 is 0 Å². The molecule has 0 aliphatic heterocycles. The van der Waals surface area contributed by atoms with Gasteiger partial charge in [0.2, 0.25) is 0 Å². The van der Waals surface area contributed by atoms with Crippen molar-refractivity contribution in [1.29, 1.82) is 0 Å². The first-order valence-corrected chi connectivity index (χ1v) is 11.3. The van der Waals surface area contributed by atoms with Crippen molar-refractivity contribution in [2.45, 2.75) is 6.54 Å². The molecule has 0 fully saturated rings. The van der Waals surface area contributed by atoms with Crippen LogP contribution < -0.4 is 5.73 Å². The van der Waals surface area contributed by atoms with Crippen molar-refractivity contribution in [1.82, 2.24) is 4.57 Å². The second-order valence-electron chi connectivity index (χ2n) is 8.36. The van der Waals surface area contributed by atoms with E-state index in [2.05, 4.69) is 126 Å². The topological polar surface area (TPSA) is 30.9 Å². The van der Waals surface area contributed by atoms with Gasteiger partial charge < -0.3 is 10.3 Å². The zero-order chi connectivity index (χ0) is 22.2. The molecule has 0 amide bonds. The molecule has 2 nitrogen and oxygen atoms in total. The number of fused-ring (bicyclic) bond motifs is 3. The first kappa shape index (κ1) is 19.5. The molecule has 1 aromatic heterocycles. The Balaban J connectivity index is 1.70. The Bertz CT molecular complexity index is 1480. The SMILES string of the molecule is NCc1ccccc1-n1c2cc(-c3ccccc3)ccc2c2ccc(-c3ccccc3)cc21. The first-order valence-electron chi connectivity index (χ1n) is 11.3. The number of hydrogen-bond acceptors (Lipinski definition) is 1. The van der Waals surface area contributed by atoms with E-state index in [0.29, 0.717) is 6.54 Å². The molecule has 0 saturated heterocycles. The van der Waals surface area contributed by atoms with E-state index < -0.39 is 0 Å². The van der Waals surface area contributed by atoms with Gasteiger partial charge in [0.15, 0.2) is 0 Å². The van der Waals surface area contributed by atoms with Gasteiger partial charge in [-0.2, -0.15) is 0 Å². The molecule has 0 radical (unpaired) electrons. The zero-order valence-corrected chi connectivity index (χ0v) is 18.3. The average Bonchev–Trinajstić information content (AvgIpc) is 3.22. The highest BCUT2D eigenvalue weighted by Crippen LogP contribution is 2.37. The minimum atomic E-state index is 0.494. The van der Waals surface area contributed by atoms with Crippen molar-refractivity contribution >= 4 is 21.8 Å². The molecule has 1 heterocycles. The highest BCUT2D eigenvalue weighted by molar-refractivity contribution is 6.11. The molecule has 158 valence electrons. The van der Waals surface area contributed by atoms with Gasteiger partial charge in [-0.25, -0.2) is 0 Å². The highest BCUT2D eigenvalue weighted by atomic mass is 15.0. The van der Waals surface area contributed by atoms with Gasteiger partial charge in [0.1, 0.15) is 0 Å². The number of nitrogens with two attached hydrogens (primary N) is 1. The molecule has 2 heteroatoms. The van der Waals surface area contributed by atoms with Crippen LogP contribution >= 0.6 is 0 Å². The molecule has 0 saturated carbocycles. The molecule has 6 aromatic rings. The summed E-state index contributed by atoms with van der Waals surface area (Å²) in [7, 11) is 0. The van der Waals surface area contributed by atoms with Gasteiger partial charge in [-0.05, 0) is 46.0 Å². The third-order valence-electron chi connectivity index (χ3n) is 6.43. The maximum absolute atomic E-state index is 6.17. The second kappa shape index (κ2) is 8.09. The van der Waals surface area contributed by atoms with Gasteiger partial charge in [-0.3, -0.25) is 0 Å². The lowest BCUT2D eigenvalue weighted by molar-refractivity contribution is 1.03. The summed E-state index contributed by atoms with van der Waals surface area (Å²) in [6.07, 6.45) is 0. The van der Waals surface area contributed by atoms with Crippen molar-refractivity contribution in [3.05, 3.63) is 127 Å². The maximum Gasteiger partial charge on any atom is 0.0547 e. The molecule has 5 aromatic carbocycles. The predicted molar refractivity (Wildman–Crippen MR) is 140 cm³/mol. The van der Waals surface area contributed by atoms with Gasteiger partial charge >= 0.3 is 0 Å². The van der Waals surface area contributed by atoms with Crippen molar-refractivity contribution in [2.75, 3.05) is 0 Å². The molecule has 0 aliphatic carbocycles. The minimum Gasteiger partial charge on any atom is -0.326 e. The normalized spacial score (nSPS) is 11.3. The Morgan fingerprint density at radius 3 is 1.48 bits per heavy atom. The van der Waals surface area contributed by atoms with Crippen LogP contribution in [0.4, 0.5) is 0 Å². The monoisotopic (exact) mass is 424 g/mol. The fraction of sp³-hybridized carbons (Fsp3) is 0.0323. The number of aromatic nitrogens is 1. The lowest BCUT2D eigenvalue weighted by Gasteiger charge is -2.13. The summed E-state index contributed by atoms with van der Waals surface area (Å²) in [6, 6.07) is 43.1. The van der Waals surface area contributed by atoms with Crippen LogP contribution in [0, 0.1) is 0 Å². The fourth-order valence-electron chi connectivity index (χ4n) is 4.80. The molecule has 0 spiro atoms. The maximum atomic E-state index is 6.17. The second-order valence-corrected chi connectivity index (χ2v) is 8.36. The highest BCUT2D eigenvalue weighted by Gasteiger charge is 2.16. The lowest BCUT2D eigenvalue weighted by Crippen LogP contribution is -2.04. The van der Waals surface area contributed by atoms with Crippen molar-refractivity contribution in [2.24, 2.45) is 5.73 Å². The van der Waals surface area contributed by atoms with Gasteiger partial charge in [0.05, 0.1) is 16.7 Å². The summed E-state index contributed by atoms with van der Waals surface area (Å²) in [4.78, 5) is 0. The number of nitrogens with zero attached hydrogens (tertiary/aromatic N) is 1. The fourth-order valence-corrected chi connectivity index (χ4v) is 4.80. The summed E-state index contributed by atoms with van der Waals surface area (Å²) in [5.74, 6) is 0. The Labute approximate surface area is 193 Å². The van der Waals surface area contributed by atoms with Crippen LogP contribution in [0.25, 0.3) is 49.7 Å². The zero-order valence-electron chi connectivity index (χ0n) is 18.3. The van der Waals surface area contributed by atoms with E-state index in [0.717, 1.165) is 11.3 Å². The van der Waals surface area contributed by atoms with Gasteiger partial charge in [0.25, 0.3) is 0 Å². The number of benzene rings is 5. The third kappa shape index (κ3) is 3.32. The molecular weight excluding hydrogens is 400 g/mol. The largest absolute Gasteiger partial charge is 0.326 e. The molecule has 0 bridgehead atoms. The summed E-state index contributed by atoms with van der Waals surface area (Å²) in [5, 5.41) is 2.49. The van der Waals surface area contributed by atoms with E-state index in [-0.39, 0.29) is 0 Å². The summed E-state index contributed by atoms with van der Waals surface area (Å²) < 4.78 is 2.38. The first-order chi connectivity index (χ1) is 16.3. The van der Waals surface area contributed by atoms with E-state index in [1.807, 2.05) is 0 Å². The van der Waals surface area contributed by atoms with Gasteiger partial charge in [0, 0.05) is 17.3 Å². The van der Waals surface area contributed by atoms with Crippen molar-refractivity contribution < 1.29 is 0 Å². The lowest BCUT2D eigenvalue weighted by atomic mass is 10.0. The van der Waals surface area contributed by atoms with Crippen LogP contribution in [0.3, 0.4) is 0 Å². The number of hydrogen-bond donors (Lipinski definition) is 1. The van der Waals surface area contributed by atoms with E-state index in [1.54, 1.807) is 0 Å². The van der Waals surface area contributed by atoms with Gasteiger partial charge in [-0.15, -0.1) is 0 Å². The van der Waals surface area contributed by atoms with E-state index in [9.17, 15) is 0 Å².